The van der Waals surface area contributed by atoms with E-state index in [1.54, 1.807) is 7.11 Å². The van der Waals surface area contributed by atoms with Gasteiger partial charge in [0.25, 0.3) is 0 Å². The zero-order valence-corrected chi connectivity index (χ0v) is 16.3. The summed E-state index contributed by atoms with van der Waals surface area (Å²) in [4.78, 5) is 5.11. The molecule has 0 radical (unpaired) electrons. The van der Waals surface area contributed by atoms with Crippen LogP contribution in [0.2, 0.25) is 5.02 Å². The van der Waals surface area contributed by atoms with Crippen molar-refractivity contribution in [3.63, 3.8) is 0 Å². The predicted molar refractivity (Wildman–Crippen MR) is 102 cm³/mol. The van der Waals surface area contributed by atoms with Crippen molar-refractivity contribution < 1.29 is 17.6 Å². The number of nitrogens with zero attached hydrogens (tertiary/aromatic N) is 1. The molecule has 2 heterocycles. The number of benzene rings is 1. The largest absolute Gasteiger partial charge is 0.418 e. The van der Waals surface area contributed by atoms with Crippen LogP contribution in [0.5, 0.6) is 0 Å². The number of rotatable bonds is 8. The number of anilines is 1. The Hall–Kier alpha value is -1.87. The molecule has 138 valence electrons. The van der Waals surface area contributed by atoms with Crippen molar-refractivity contribution in [1.29, 1.82) is 0 Å². The van der Waals surface area contributed by atoms with E-state index < -0.39 is 9.84 Å². The van der Waals surface area contributed by atoms with Crippen LogP contribution < -0.4 is 5.32 Å². The highest BCUT2D eigenvalue weighted by molar-refractivity contribution is 7.91. The van der Waals surface area contributed by atoms with Gasteiger partial charge >= 0.3 is 0 Å². The first-order valence-electron chi connectivity index (χ1n) is 7.80. The summed E-state index contributed by atoms with van der Waals surface area (Å²) in [5.74, 6) is 0.390. The predicted octanol–water partition coefficient (Wildman–Crippen LogP) is 4.34. The van der Waals surface area contributed by atoms with Gasteiger partial charge in [-0.05, 0) is 42.1 Å². The molecule has 6 nitrogen and oxygen atoms in total. The van der Waals surface area contributed by atoms with Gasteiger partial charge in [0.1, 0.15) is 0 Å². The highest BCUT2D eigenvalue weighted by Crippen LogP contribution is 2.34. The van der Waals surface area contributed by atoms with E-state index in [1.807, 2.05) is 17.5 Å². The summed E-state index contributed by atoms with van der Waals surface area (Å²) in [6, 6.07) is 9.63. The van der Waals surface area contributed by atoms with Crippen LogP contribution in [0.4, 0.5) is 5.88 Å². The van der Waals surface area contributed by atoms with Gasteiger partial charge in [-0.15, -0.1) is 11.3 Å². The molecule has 0 unspecified atom stereocenters. The monoisotopic (exact) mass is 412 g/mol. The Balaban J connectivity index is 1.99. The number of hydrogen-bond donors (Lipinski definition) is 1. The van der Waals surface area contributed by atoms with Gasteiger partial charge in [-0.1, -0.05) is 17.7 Å². The van der Waals surface area contributed by atoms with Crippen molar-refractivity contribution in [2.24, 2.45) is 0 Å². The molecule has 1 aromatic carbocycles. The molecule has 0 aliphatic carbocycles. The number of oxazole rings is 1. The summed E-state index contributed by atoms with van der Waals surface area (Å²) >= 11 is 7.28. The van der Waals surface area contributed by atoms with Crippen LogP contribution in [0.1, 0.15) is 6.42 Å². The van der Waals surface area contributed by atoms with Crippen molar-refractivity contribution in [2.75, 3.05) is 25.6 Å². The highest BCUT2D eigenvalue weighted by atomic mass is 35.5. The zero-order chi connectivity index (χ0) is 18.6. The fraction of sp³-hybridized carbons (Fsp3) is 0.235. The Bertz CT molecular complexity index is 951. The first kappa shape index (κ1) is 18.9. The van der Waals surface area contributed by atoms with Crippen molar-refractivity contribution in [3.8, 4) is 10.8 Å². The normalized spacial score (nSPS) is 11.6. The highest BCUT2D eigenvalue weighted by Gasteiger charge is 2.28. The van der Waals surface area contributed by atoms with E-state index in [0.29, 0.717) is 24.6 Å². The quantitative estimate of drug-likeness (QED) is 0.554. The molecule has 0 atom stereocenters. The standard InChI is InChI=1S/C17H17ClN2O4S2/c1-23-10-3-9-19-16-17(20-15(24-16)14-4-2-11-25-14)26(21,22)13-7-5-12(18)6-8-13/h2,4-8,11,19H,3,9-10H2,1H3. The number of methoxy groups -OCH3 is 1. The molecule has 0 saturated heterocycles. The number of sulfone groups is 1. The van der Waals surface area contributed by atoms with E-state index in [1.165, 1.54) is 35.6 Å². The number of halogens is 1. The molecule has 9 heteroatoms. The Kier molecular flexibility index (Phi) is 5.98. The Labute approximate surface area is 160 Å². The molecule has 0 amide bonds. The number of hydrogen-bond acceptors (Lipinski definition) is 7. The maximum absolute atomic E-state index is 13.0. The second-order valence-corrected chi connectivity index (χ2v) is 8.61. The van der Waals surface area contributed by atoms with E-state index >= 15 is 0 Å². The van der Waals surface area contributed by atoms with E-state index in [9.17, 15) is 8.42 Å². The lowest BCUT2D eigenvalue weighted by atomic mass is 10.4. The fourth-order valence-corrected chi connectivity index (χ4v) is 4.30. The van der Waals surface area contributed by atoms with E-state index in [2.05, 4.69) is 10.3 Å². The minimum Gasteiger partial charge on any atom is -0.418 e. The van der Waals surface area contributed by atoms with Gasteiger partial charge in [-0.25, -0.2) is 8.42 Å². The maximum Gasteiger partial charge on any atom is 0.240 e. The summed E-state index contributed by atoms with van der Waals surface area (Å²) in [5.41, 5.74) is 0. The van der Waals surface area contributed by atoms with Gasteiger partial charge in [0.2, 0.25) is 26.6 Å². The molecule has 0 aliphatic heterocycles. The minimum absolute atomic E-state index is 0.105. The molecule has 2 aromatic heterocycles. The second kappa shape index (κ2) is 8.22. The van der Waals surface area contributed by atoms with Crippen LogP contribution in [0.15, 0.2) is 56.1 Å². The Morgan fingerprint density at radius 2 is 2.04 bits per heavy atom. The van der Waals surface area contributed by atoms with Crippen molar-refractivity contribution in [3.05, 3.63) is 46.8 Å². The van der Waals surface area contributed by atoms with Crippen molar-refractivity contribution >= 4 is 38.7 Å². The molecule has 26 heavy (non-hydrogen) atoms. The van der Waals surface area contributed by atoms with E-state index in [0.717, 1.165) is 4.88 Å². The Morgan fingerprint density at radius 1 is 1.27 bits per heavy atom. The molecular formula is C17H17ClN2O4S2. The van der Waals surface area contributed by atoms with Gasteiger partial charge in [-0.3, -0.25) is 0 Å². The third-order valence-electron chi connectivity index (χ3n) is 3.52. The van der Waals surface area contributed by atoms with Crippen LogP contribution in [0.25, 0.3) is 10.8 Å². The lowest BCUT2D eigenvalue weighted by Crippen LogP contribution is -2.09. The molecule has 0 saturated carbocycles. The van der Waals surface area contributed by atoms with Crippen molar-refractivity contribution in [1.82, 2.24) is 4.98 Å². The number of aromatic nitrogens is 1. The summed E-state index contributed by atoms with van der Waals surface area (Å²) < 4.78 is 36.7. The van der Waals surface area contributed by atoms with Crippen molar-refractivity contribution in [2.45, 2.75) is 16.3 Å². The molecule has 0 bridgehead atoms. The van der Waals surface area contributed by atoms with Gasteiger partial charge in [0.05, 0.1) is 9.77 Å². The van der Waals surface area contributed by atoms with Gasteiger partial charge < -0.3 is 14.5 Å². The molecule has 0 fully saturated rings. The SMILES string of the molecule is COCCCNc1oc(-c2cccs2)nc1S(=O)(=O)c1ccc(Cl)cc1. The van der Waals surface area contributed by atoms with Crippen LogP contribution in [0.3, 0.4) is 0 Å². The first-order chi connectivity index (χ1) is 12.5. The smallest absolute Gasteiger partial charge is 0.240 e. The summed E-state index contributed by atoms with van der Waals surface area (Å²) in [6.45, 7) is 1.05. The Morgan fingerprint density at radius 3 is 2.69 bits per heavy atom. The number of ether oxygens (including phenoxy) is 1. The summed E-state index contributed by atoms with van der Waals surface area (Å²) in [6.07, 6.45) is 0.700. The minimum atomic E-state index is -3.85. The molecule has 3 aromatic rings. The van der Waals surface area contributed by atoms with E-state index in [4.69, 9.17) is 20.8 Å². The van der Waals surface area contributed by atoms with Crippen LogP contribution in [0, 0.1) is 0 Å². The third kappa shape index (κ3) is 4.09. The number of thiophene rings is 1. The average Bonchev–Trinajstić information content (AvgIpc) is 3.29. The van der Waals surface area contributed by atoms with Crippen LogP contribution in [-0.2, 0) is 14.6 Å². The topological polar surface area (TPSA) is 81.4 Å². The third-order valence-corrected chi connectivity index (χ3v) is 6.31. The summed E-state index contributed by atoms with van der Waals surface area (Å²) in [5, 5.41) is 5.20. The van der Waals surface area contributed by atoms with Crippen LogP contribution >= 0.6 is 22.9 Å². The second-order valence-electron chi connectivity index (χ2n) is 5.36. The molecule has 1 N–H and O–H groups in total. The van der Waals surface area contributed by atoms with Gasteiger partial charge in [-0.2, -0.15) is 4.98 Å². The first-order valence-corrected chi connectivity index (χ1v) is 10.5. The average molecular weight is 413 g/mol. The van der Waals surface area contributed by atoms with Crippen LogP contribution in [-0.4, -0.2) is 33.7 Å². The number of nitrogens with one attached hydrogen (secondary N) is 1. The van der Waals surface area contributed by atoms with Gasteiger partial charge in [0, 0.05) is 25.3 Å². The maximum atomic E-state index is 13.0. The summed E-state index contributed by atoms with van der Waals surface area (Å²) in [7, 11) is -2.24. The molecular weight excluding hydrogens is 396 g/mol. The molecule has 3 rings (SSSR count). The fourth-order valence-electron chi connectivity index (χ4n) is 2.25. The lowest BCUT2D eigenvalue weighted by molar-refractivity contribution is 0.197. The lowest BCUT2D eigenvalue weighted by Gasteiger charge is -2.06. The van der Waals surface area contributed by atoms with E-state index in [-0.39, 0.29) is 21.7 Å². The molecule has 0 aliphatic rings. The zero-order valence-electron chi connectivity index (χ0n) is 13.9. The molecule has 0 spiro atoms. The van der Waals surface area contributed by atoms with Gasteiger partial charge in [0.15, 0.2) is 0 Å².